The molecule has 0 bridgehead atoms. The SMILES string of the molecule is COc1ccc(C[C@@H](NC(=O)OC(C)(C)C)C(=O)NCCC(=O)O[C@H](CC(C)C)C(=O)O[C@@H](C/C=C/C(=O)OC(C)(C)C)[C@H](C)/C=C/c2ccccc2)cc1Cl. The Kier molecular flexibility index (Phi) is 19.1. The van der Waals surface area contributed by atoms with Crippen LogP contribution in [0.5, 0.6) is 5.75 Å². The fraction of sp³-hybridized carbons (Fsp3) is 0.512. The Morgan fingerprint density at radius 3 is 2.12 bits per heavy atom. The summed E-state index contributed by atoms with van der Waals surface area (Å²) >= 11 is 6.29. The van der Waals surface area contributed by atoms with E-state index in [1.165, 1.54) is 13.2 Å². The summed E-state index contributed by atoms with van der Waals surface area (Å²) in [5.74, 6) is -2.43. The number of rotatable bonds is 19. The van der Waals surface area contributed by atoms with Gasteiger partial charge in [0.05, 0.1) is 18.6 Å². The summed E-state index contributed by atoms with van der Waals surface area (Å²) in [6, 6.07) is 13.6. The van der Waals surface area contributed by atoms with Crippen LogP contribution in [0.15, 0.2) is 66.8 Å². The fourth-order valence-electron chi connectivity index (χ4n) is 5.16. The highest BCUT2D eigenvalue weighted by atomic mass is 35.5. The molecule has 0 heterocycles. The van der Waals surface area contributed by atoms with Gasteiger partial charge >= 0.3 is 24.0 Å². The third kappa shape index (κ3) is 19.2. The highest BCUT2D eigenvalue weighted by Gasteiger charge is 2.30. The molecular weight excluding hydrogens is 740 g/mol. The van der Waals surface area contributed by atoms with E-state index in [0.29, 0.717) is 16.3 Å². The molecule has 13 heteroatoms. The molecule has 2 N–H and O–H groups in total. The quantitative estimate of drug-likeness (QED) is 0.0817. The number of amides is 2. The van der Waals surface area contributed by atoms with Gasteiger partial charge in [-0.15, -0.1) is 0 Å². The summed E-state index contributed by atoms with van der Waals surface area (Å²) in [5.41, 5.74) is 0.134. The van der Waals surface area contributed by atoms with E-state index in [9.17, 15) is 24.0 Å². The maximum absolute atomic E-state index is 13.6. The number of nitrogens with one attached hydrogen (secondary N) is 2. The van der Waals surface area contributed by atoms with E-state index < -0.39 is 59.4 Å². The smallest absolute Gasteiger partial charge is 0.408 e. The summed E-state index contributed by atoms with van der Waals surface area (Å²) in [6.07, 6.45) is 4.20. The van der Waals surface area contributed by atoms with Gasteiger partial charge in [-0.05, 0) is 77.1 Å². The summed E-state index contributed by atoms with van der Waals surface area (Å²) in [6.45, 7) is 15.9. The van der Waals surface area contributed by atoms with E-state index >= 15 is 0 Å². The molecule has 0 fully saturated rings. The van der Waals surface area contributed by atoms with Crippen LogP contribution in [-0.2, 0) is 44.5 Å². The molecule has 12 nitrogen and oxygen atoms in total. The molecule has 0 aromatic heterocycles. The van der Waals surface area contributed by atoms with Crippen molar-refractivity contribution in [1.82, 2.24) is 10.6 Å². The molecule has 2 aromatic carbocycles. The summed E-state index contributed by atoms with van der Waals surface area (Å²) in [4.78, 5) is 65.0. The molecule has 2 rings (SSSR count). The number of esters is 3. The van der Waals surface area contributed by atoms with Crippen molar-refractivity contribution in [2.24, 2.45) is 11.8 Å². The molecule has 0 unspecified atom stereocenters. The molecule has 308 valence electrons. The third-order valence-electron chi connectivity index (χ3n) is 7.79. The second kappa shape index (κ2) is 22.6. The van der Waals surface area contributed by atoms with Gasteiger partial charge in [0, 0.05) is 31.4 Å². The lowest BCUT2D eigenvalue weighted by atomic mass is 9.99. The van der Waals surface area contributed by atoms with Crippen molar-refractivity contribution in [2.75, 3.05) is 13.7 Å². The molecule has 0 radical (unpaired) electrons. The van der Waals surface area contributed by atoms with Crippen molar-refractivity contribution < 1.29 is 47.7 Å². The molecule has 0 aliphatic carbocycles. The number of hydrogen-bond donors (Lipinski definition) is 2. The van der Waals surface area contributed by atoms with Crippen molar-refractivity contribution in [3.8, 4) is 5.75 Å². The molecule has 0 saturated heterocycles. The van der Waals surface area contributed by atoms with Gasteiger partial charge in [0.25, 0.3) is 0 Å². The van der Waals surface area contributed by atoms with Gasteiger partial charge in [-0.1, -0.05) is 87.0 Å². The van der Waals surface area contributed by atoms with E-state index in [4.69, 9.17) is 35.3 Å². The van der Waals surface area contributed by atoms with Crippen molar-refractivity contribution in [3.63, 3.8) is 0 Å². The number of benzene rings is 2. The highest BCUT2D eigenvalue weighted by Crippen LogP contribution is 2.26. The Morgan fingerprint density at radius 1 is 0.875 bits per heavy atom. The predicted octanol–water partition coefficient (Wildman–Crippen LogP) is 7.80. The Morgan fingerprint density at radius 2 is 1.54 bits per heavy atom. The van der Waals surface area contributed by atoms with Crippen molar-refractivity contribution >= 4 is 47.6 Å². The molecule has 0 spiro atoms. The first-order valence-corrected chi connectivity index (χ1v) is 19.2. The Hall–Kier alpha value is -4.84. The van der Waals surface area contributed by atoms with Crippen LogP contribution in [0.2, 0.25) is 5.02 Å². The molecular formula is C43H59ClN2O10. The third-order valence-corrected chi connectivity index (χ3v) is 8.08. The number of halogens is 1. The lowest BCUT2D eigenvalue weighted by Gasteiger charge is -2.25. The minimum atomic E-state index is -1.22. The van der Waals surface area contributed by atoms with Crippen LogP contribution in [0, 0.1) is 11.8 Å². The lowest BCUT2D eigenvalue weighted by Crippen LogP contribution is -2.49. The fourth-order valence-corrected chi connectivity index (χ4v) is 5.44. The lowest BCUT2D eigenvalue weighted by molar-refractivity contribution is -0.173. The molecule has 0 saturated carbocycles. The number of hydrogen-bond acceptors (Lipinski definition) is 10. The summed E-state index contributed by atoms with van der Waals surface area (Å²) in [7, 11) is 1.48. The number of alkyl carbamates (subject to hydrolysis) is 1. The van der Waals surface area contributed by atoms with Gasteiger partial charge in [0.2, 0.25) is 5.91 Å². The second-order valence-electron chi connectivity index (χ2n) is 15.8. The average Bonchev–Trinajstić information content (AvgIpc) is 3.08. The number of carbonyl (C=O) groups excluding carboxylic acids is 5. The molecule has 2 amide bonds. The van der Waals surface area contributed by atoms with Gasteiger partial charge in [-0.2, -0.15) is 0 Å². The van der Waals surface area contributed by atoms with E-state index in [1.807, 2.05) is 63.3 Å². The van der Waals surface area contributed by atoms with Gasteiger partial charge < -0.3 is 34.3 Å². The standard InChI is InChI=1S/C43H59ClN2O10/c1-28(2)25-36(40(50)54-34(17-14-18-38(48)55-42(4,5)6)29(3)19-20-30-15-12-11-13-16-30)53-37(47)23-24-45-39(49)33(46-41(51)56-43(7,8)9)27-31-21-22-35(52-10)32(44)26-31/h11-16,18-22,26,28-29,33-34,36H,17,23-25,27H2,1-10H3,(H,45,49)(H,46,51)/b18-14+,20-19+/t29-,33-,34+,36-/m1/s1. The summed E-state index contributed by atoms with van der Waals surface area (Å²) in [5, 5.41) is 5.59. The minimum Gasteiger partial charge on any atom is -0.495 e. The second-order valence-corrected chi connectivity index (χ2v) is 16.2. The monoisotopic (exact) mass is 798 g/mol. The Bertz CT molecular complexity index is 1660. The van der Waals surface area contributed by atoms with Crippen LogP contribution >= 0.6 is 11.6 Å². The van der Waals surface area contributed by atoms with E-state index in [0.717, 1.165) is 5.56 Å². The van der Waals surface area contributed by atoms with Gasteiger partial charge in [-0.25, -0.2) is 14.4 Å². The number of ether oxygens (including phenoxy) is 5. The summed E-state index contributed by atoms with van der Waals surface area (Å²) < 4.78 is 27.5. The number of methoxy groups -OCH3 is 1. The van der Waals surface area contributed by atoms with Crippen molar-refractivity contribution in [1.29, 1.82) is 0 Å². The predicted molar refractivity (Wildman–Crippen MR) is 216 cm³/mol. The number of carbonyl (C=O) groups is 5. The van der Waals surface area contributed by atoms with E-state index in [2.05, 4.69) is 10.6 Å². The average molecular weight is 799 g/mol. The van der Waals surface area contributed by atoms with Crippen molar-refractivity contribution in [2.45, 2.75) is 117 Å². The first-order chi connectivity index (χ1) is 26.1. The van der Waals surface area contributed by atoms with Gasteiger partial charge in [-0.3, -0.25) is 9.59 Å². The Labute approximate surface area is 336 Å². The zero-order valence-electron chi connectivity index (χ0n) is 34.3. The first-order valence-electron chi connectivity index (χ1n) is 18.8. The van der Waals surface area contributed by atoms with Crippen molar-refractivity contribution in [3.05, 3.63) is 82.9 Å². The minimum absolute atomic E-state index is 0.0351. The van der Waals surface area contributed by atoms with Crippen LogP contribution in [-0.4, -0.2) is 73.0 Å². The topological polar surface area (TPSA) is 156 Å². The van der Waals surface area contributed by atoms with Crippen LogP contribution in [0.25, 0.3) is 6.08 Å². The first kappa shape index (κ1) is 47.3. The maximum Gasteiger partial charge on any atom is 0.408 e. The Balaban J connectivity index is 2.15. The maximum atomic E-state index is 13.6. The molecule has 2 aromatic rings. The van der Waals surface area contributed by atoms with Gasteiger partial charge in [0.15, 0.2) is 6.10 Å². The molecule has 56 heavy (non-hydrogen) atoms. The van der Waals surface area contributed by atoms with Crippen LogP contribution in [0.1, 0.15) is 92.7 Å². The van der Waals surface area contributed by atoms with Crippen LogP contribution in [0.4, 0.5) is 4.79 Å². The van der Waals surface area contributed by atoms with E-state index in [-0.39, 0.29) is 44.1 Å². The molecule has 4 atom stereocenters. The molecule has 0 aliphatic heterocycles. The largest absolute Gasteiger partial charge is 0.495 e. The normalized spacial score (nSPS) is 14.1. The molecule has 0 aliphatic rings. The van der Waals surface area contributed by atoms with E-state index in [1.54, 1.807) is 65.8 Å². The zero-order chi connectivity index (χ0) is 42.1. The van der Waals surface area contributed by atoms with Gasteiger partial charge in [0.1, 0.15) is 29.1 Å². The highest BCUT2D eigenvalue weighted by molar-refractivity contribution is 6.32. The van der Waals surface area contributed by atoms with Crippen LogP contribution < -0.4 is 15.4 Å². The van der Waals surface area contributed by atoms with Crippen LogP contribution in [0.3, 0.4) is 0 Å². The zero-order valence-corrected chi connectivity index (χ0v) is 35.1.